The fourth-order valence-electron chi connectivity index (χ4n) is 2.55. The molecular weight excluding hydrogens is 312 g/mol. The van der Waals surface area contributed by atoms with E-state index in [9.17, 15) is 4.79 Å². The lowest BCUT2D eigenvalue weighted by Crippen LogP contribution is -2.15. The Morgan fingerprint density at radius 3 is 2.40 bits per heavy atom. The zero-order valence-corrected chi connectivity index (χ0v) is 14.3. The van der Waals surface area contributed by atoms with Gasteiger partial charge in [0.15, 0.2) is 0 Å². The highest BCUT2D eigenvalue weighted by Gasteiger charge is 2.11. The number of hydrogen-bond donors (Lipinski definition) is 2. The van der Waals surface area contributed by atoms with Gasteiger partial charge in [0.1, 0.15) is 0 Å². The van der Waals surface area contributed by atoms with E-state index in [4.69, 9.17) is 0 Å². The molecule has 3 rings (SSSR count). The van der Waals surface area contributed by atoms with Gasteiger partial charge in [-0.2, -0.15) is 0 Å². The van der Waals surface area contributed by atoms with E-state index in [0.29, 0.717) is 11.5 Å². The van der Waals surface area contributed by atoms with Gasteiger partial charge in [-0.1, -0.05) is 43.3 Å². The van der Waals surface area contributed by atoms with E-state index in [-0.39, 0.29) is 5.91 Å². The Balaban J connectivity index is 1.73. The molecule has 0 fully saturated rings. The number of amides is 1. The number of para-hydroxylation sites is 2. The number of benzene rings is 2. The summed E-state index contributed by atoms with van der Waals surface area (Å²) < 4.78 is 0. The van der Waals surface area contributed by atoms with Gasteiger partial charge in [0.25, 0.3) is 5.91 Å². The zero-order valence-electron chi connectivity index (χ0n) is 14.3. The maximum absolute atomic E-state index is 12.5. The van der Waals surface area contributed by atoms with Crippen LogP contribution in [0.3, 0.4) is 0 Å². The van der Waals surface area contributed by atoms with Crippen LogP contribution >= 0.6 is 0 Å². The number of aryl methyl sites for hydroxylation is 2. The molecule has 0 spiro atoms. The maximum atomic E-state index is 12.5. The summed E-state index contributed by atoms with van der Waals surface area (Å²) in [5.41, 5.74) is 4.32. The largest absolute Gasteiger partial charge is 0.324 e. The van der Waals surface area contributed by atoms with Crippen molar-refractivity contribution in [2.75, 3.05) is 10.6 Å². The van der Waals surface area contributed by atoms with Crippen molar-refractivity contribution in [3.8, 4) is 0 Å². The Hall–Kier alpha value is -3.21. The van der Waals surface area contributed by atoms with Crippen LogP contribution in [0.2, 0.25) is 0 Å². The smallest absolute Gasteiger partial charge is 0.258 e. The molecule has 1 amide bonds. The molecule has 1 heterocycles. The van der Waals surface area contributed by atoms with Crippen molar-refractivity contribution in [1.29, 1.82) is 0 Å². The number of nitrogens with one attached hydrogen (secondary N) is 2. The minimum absolute atomic E-state index is 0.213. The molecule has 0 aliphatic heterocycles. The first-order valence-corrected chi connectivity index (χ1v) is 8.21. The van der Waals surface area contributed by atoms with E-state index in [1.807, 2.05) is 55.5 Å². The number of carbonyl (C=O) groups is 1. The van der Waals surface area contributed by atoms with E-state index in [1.54, 1.807) is 0 Å². The van der Waals surface area contributed by atoms with Gasteiger partial charge in [-0.05, 0) is 36.6 Å². The average molecular weight is 332 g/mol. The van der Waals surface area contributed by atoms with Crippen molar-refractivity contribution in [2.45, 2.75) is 20.3 Å². The topological polar surface area (TPSA) is 66.9 Å². The lowest BCUT2D eigenvalue weighted by atomic mass is 10.1. The van der Waals surface area contributed by atoms with Crippen LogP contribution < -0.4 is 10.6 Å². The van der Waals surface area contributed by atoms with Crippen LogP contribution in [0.25, 0.3) is 0 Å². The monoisotopic (exact) mass is 332 g/mol. The van der Waals surface area contributed by atoms with Crippen molar-refractivity contribution < 1.29 is 4.79 Å². The number of hydrogen-bond acceptors (Lipinski definition) is 4. The van der Waals surface area contributed by atoms with E-state index in [1.165, 1.54) is 12.4 Å². The van der Waals surface area contributed by atoms with E-state index in [2.05, 4.69) is 27.5 Å². The summed E-state index contributed by atoms with van der Waals surface area (Å²) in [6.07, 6.45) is 3.91. The van der Waals surface area contributed by atoms with Crippen molar-refractivity contribution in [3.63, 3.8) is 0 Å². The average Bonchev–Trinajstić information content (AvgIpc) is 2.64. The Labute approximate surface area is 147 Å². The molecule has 0 bridgehead atoms. The van der Waals surface area contributed by atoms with Gasteiger partial charge in [0, 0.05) is 23.8 Å². The van der Waals surface area contributed by atoms with Gasteiger partial charge in [-0.15, -0.1) is 0 Å². The molecule has 126 valence electrons. The number of rotatable bonds is 5. The van der Waals surface area contributed by atoms with E-state index in [0.717, 1.165) is 28.9 Å². The summed E-state index contributed by atoms with van der Waals surface area (Å²) in [5.74, 6) is 0.239. The third-order valence-electron chi connectivity index (χ3n) is 3.92. The highest BCUT2D eigenvalue weighted by atomic mass is 16.1. The Morgan fingerprint density at radius 2 is 1.72 bits per heavy atom. The Morgan fingerprint density at radius 1 is 1.00 bits per heavy atom. The number of aromatic nitrogens is 2. The Kier molecular flexibility index (Phi) is 5.04. The van der Waals surface area contributed by atoms with Crippen LogP contribution in [-0.4, -0.2) is 15.9 Å². The third kappa shape index (κ3) is 4.01. The molecule has 25 heavy (non-hydrogen) atoms. The summed E-state index contributed by atoms with van der Waals surface area (Å²) in [6.45, 7) is 4.05. The van der Waals surface area contributed by atoms with Crippen LogP contribution in [0.1, 0.15) is 28.4 Å². The molecule has 0 aliphatic rings. The highest BCUT2D eigenvalue weighted by molar-refractivity contribution is 6.04. The lowest BCUT2D eigenvalue weighted by Gasteiger charge is -2.13. The molecule has 0 saturated carbocycles. The summed E-state index contributed by atoms with van der Waals surface area (Å²) in [6, 6.07) is 15.6. The fourth-order valence-corrected chi connectivity index (χ4v) is 2.55. The predicted molar refractivity (Wildman–Crippen MR) is 100 cm³/mol. The van der Waals surface area contributed by atoms with Crippen molar-refractivity contribution >= 4 is 23.2 Å². The van der Waals surface area contributed by atoms with Crippen LogP contribution in [0.4, 0.5) is 17.3 Å². The van der Waals surface area contributed by atoms with Gasteiger partial charge in [0.05, 0.1) is 5.56 Å². The predicted octanol–water partition coefficient (Wildman–Crippen LogP) is 4.34. The maximum Gasteiger partial charge on any atom is 0.258 e. The molecular formula is C20H20N4O. The summed E-state index contributed by atoms with van der Waals surface area (Å²) >= 11 is 0. The van der Waals surface area contributed by atoms with Crippen LogP contribution in [-0.2, 0) is 6.42 Å². The molecule has 0 saturated heterocycles. The summed E-state index contributed by atoms with van der Waals surface area (Å²) in [5, 5.41) is 6.07. The second kappa shape index (κ2) is 7.57. The molecule has 1 aromatic heterocycles. The minimum Gasteiger partial charge on any atom is -0.324 e. The first kappa shape index (κ1) is 16.6. The van der Waals surface area contributed by atoms with Gasteiger partial charge in [0.2, 0.25) is 5.95 Å². The minimum atomic E-state index is -0.213. The molecule has 2 N–H and O–H groups in total. The molecule has 5 heteroatoms. The molecule has 0 radical (unpaired) electrons. The van der Waals surface area contributed by atoms with Gasteiger partial charge < -0.3 is 10.6 Å². The lowest BCUT2D eigenvalue weighted by molar-refractivity contribution is 0.102. The Bertz CT molecular complexity index is 861. The molecule has 0 unspecified atom stereocenters. The third-order valence-corrected chi connectivity index (χ3v) is 3.92. The SMILES string of the molecule is CCc1cccc(C)c1NC(=O)c1cnc(Nc2ccccc2)nc1. The molecule has 0 atom stereocenters. The van der Waals surface area contributed by atoms with Crippen LogP contribution in [0.5, 0.6) is 0 Å². The van der Waals surface area contributed by atoms with Crippen molar-refractivity contribution in [3.05, 3.63) is 77.6 Å². The van der Waals surface area contributed by atoms with E-state index >= 15 is 0 Å². The van der Waals surface area contributed by atoms with E-state index < -0.39 is 0 Å². The first-order valence-electron chi connectivity index (χ1n) is 8.21. The van der Waals surface area contributed by atoms with Crippen molar-refractivity contribution in [1.82, 2.24) is 9.97 Å². The van der Waals surface area contributed by atoms with Crippen LogP contribution in [0.15, 0.2) is 60.9 Å². The first-order chi connectivity index (χ1) is 12.2. The van der Waals surface area contributed by atoms with Gasteiger partial charge in [-0.3, -0.25) is 4.79 Å². The van der Waals surface area contributed by atoms with Gasteiger partial charge in [-0.25, -0.2) is 9.97 Å². The molecule has 0 aliphatic carbocycles. The highest BCUT2D eigenvalue weighted by Crippen LogP contribution is 2.22. The number of carbonyl (C=O) groups excluding carboxylic acids is 1. The summed E-state index contributed by atoms with van der Waals surface area (Å²) in [4.78, 5) is 20.9. The second-order valence-electron chi connectivity index (χ2n) is 5.70. The van der Waals surface area contributed by atoms with Crippen molar-refractivity contribution in [2.24, 2.45) is 0 Å². The molecule has 3 aromatic rings. The summed E-state index contributed by atoms with van der Waals surface area (Å²) in [7, 11) is 0. The van der Waals surface area contributed by atoms with Crippen LogP contribution in [0, 0.1) is 6.92 Å². The molecule has 2 aromatic carbocycles. The zero-order chi connectivity index (χ0) is 17.6. The fraction of sp³-hybridized carbons (Fsp3) is 0.150. The van der Waals surface area contributed by atoms with Gasteiger partial charge >= 0.3 is 0 Å². The quantitative estimate of drug-likeness (QED) is 0.729. The number of anilines is 3. The second-order valence-corrected chi connectivity index (χ2v) is 5.70. The molecule has 5 nitrogen and oxygen atoms in total. The normalized spacial score (nSPS) is 10.3. The standard InChI is InChI=1S/C20H20N4O/c1-3-15-9-7-8-14(2)18(15)24-19(25)16-12-21-20(22-13-16)23-17-10-5-4-6-11-17/h4-13H,3H2,1-2H3,(H,24,25)(H,21,22,23). The number of nitrogens with zero attached hydrogens (tertiary/aromatic N) is 2.